The van der Waals surface area contributed by atoms with Crippen molar-refractivity contribution >= 4 is 0 Å². The van der Waals surface area contributed by atoms with Crippen molar-refractivity contribution in [3.63, 3.8) is 0 Å². The molecular formula is C15H26N2O2. The van der Waals surface area contributed by atoms with Gasteiger partial charge in [-0.15, -0.1) is 0 Å². The van der Waals surface area contributed by atoms with Crippen LogP contribution in [-0.2, 0) is 11.2 Å². The second-order valence-electron chi connectivity index (χ2n) is 4.87. The number of benzene rings is 1. The van der Waals surface area contributed by atoms with E-state index < -0.39 is 0 Å². The van der Waals surface area contributed by atoms with Gasteiger partial charge in [-0.25, -0.2) is 0 Å². The van der Waals surface area contributed by atoms with Crippen LogP contribution < -0.4 is 16.0 Å². The molecule has 1 aromatic rings. The molecule has 2 atom stereocenters. The number of methoxy groups -OCH3 is 1. The van der Waals surface area contributed by atoms with Crippen molar-refractivity contribution in [3.8, 4) is 5.75 Å². The zero-order valence-corrected chi connectivity index (χ0v) is 12.4. The minimum absolute atomic E-state index is 0.0598. The fourth-order valence-corrected chi connectivity index (χ4v) is 2.27. The maximum atomic E-state index is 5.89. The van der Waals surface area contributed by atoms with Gasteiger partial charge in [0.05, 0.1) is 18.8 Å². The molecule has 0 spiro atoms. The lowest BCUT2D eigenvalue weighted by atomic mass is 9.88. The molecule has 3 N–H and O–H groups in total. The smallest absolute Gasteiger partial charge is 0.119 e. The molecule has 0 aliphatic rings. The maximum absolute atomic E-state index is 5.89. The first kappa shape index (κ1) is 16.0. The Hall–Kier alpha value is -1.10. The van der Waals surface area contributed by atoms with Crippen LogP contribution in [-0.4, -0.2) is 25.4 Å². The standard InChI is InChI=1S/C15H26N2O2/c1-5-15(3,19-6-2)14(17-16)11-12-8-7-9-13(10-12)18-4/h7-10,14,17H,5-6,11,16H2,1-4H3. The Kier molecular flexibility index (Phi) is 6.28. The number of hydrogen-bond acceptors (Lipinski definition) is 4. The summed E-state index contributed by atoms with van der Waals surface area (Å²) in [6.45, 7) is 6.90. The minimum Gasteiger partial charge on any atom is -0.497 e. The van der Waals surface area contributed by atoms with E-state index in [1.165, 1.54) is 5.56 Å². The van der Waals surface area contributed by atoms with Gasteiger partial charge in [-0.3, -0.25) is 11.3 Å². The van der Waals surface area contributed by atoms with Crippen LogP contribution >= 0.6 is 0 Å². The van der Waals surface area contributed by atoms with Gasteiger partial charge in [0.15, 0.2) is 0 Å². The molecule has 0 amide bonds. The molecule has 0 aliphatic heterocycles. The molecule has 0 saturated heterocycles. The molecule has 0 bridgehead atoms. The monoisotopic (exact) mass is 266 g/mol. The second-order valence-corrected chi connectivity index (χ2v) is 4.87. The summed E-state index contributed by atoms with van der Waals surface area (Å²) in [6.07, 6.45) is 1.71. The average Bonchev–Trinajstić information content (AvgIpc) is 2.45. The number of nitrogens with two attached hydrogens (primary N) is 1. The number of rotatable bonds is 8. The zero-order chi connectivity index (χ0) is 14.3. The van der Waals surface area contributed by atoms with Crippen molar-refractivity contribution in [1.82, 2.24) is 5.43 Å². The van der Waals surface area contributed by atoms with Crippen LogP contribution in [0.15, 0.2) is 24.3 Å². The summed E-state index contributed by atoms with van der Waals surface area (Å²) in [5, 5.41) is 0. The van der Waals surface area contributed by atoms with E-state index in [1.807, 2.05) is 25.1 Å². The van der Waals surface area contributed by atoms with Gasteiger partial charge in [0.1, 0.15) is 5.75 Å². The summed E-state index contributed by atoms with van der Waals surface area (Å²) in [7, 11) is 1.67. The molecule has 4 nitrogen and oxygen atoms in total. The Balaban J connectivity index is 2.85. The summed E-state index contributed by atoms with van der Waals surface area (Å²) >= 11 is 0. The van der Waals surface area contributed by atoms with Gasteiger partial charge in [-0.1, -0.05) is 19.1 Å². The van der Waals surface area contributed by atoms with Crippen LogP contribution in [0.25, 0.3) is 0 Å². The molecule has 0 fully saturated rings. The van der Waals surface area contributed by atoms with Gasteiger partial charge in [0.25, 0.3) is 0 Å². The van der Waals surface area contributed by atoms with Crippen molar-refractivity contribution in [3.05, 3.63) is 29.8 Å². The summed E-state index contributed by atoms with van der Waals surface area (Å²) in [5.41, 5.74) is 3.81. The third-order valence-electron chi connectivity index (χ3n) is 3.69. The van der Waals surface area contributed by atoms with E-state index in [0.717, 1.165) is 18.6 Å². The molecule has 2 unspecified atom stereocenters. The Morgan fingerprint density at radius 1 is 1.37 bits per heavy atom. The molecule has 0 aromatic heterocycles. The number of nitrogens with one attached hydrogen (secondary N) is 1. The topological polar surface area (TPSA) is 56.5 Å². The maximum Gasteiger partial charge on any atom is 0.119 e. The Morgan fingerprint density at radius 3 is 2.63 bits per heavy atom. The van der Waals surface area contributed by atoms with Crippen molar-refractivity contribution in [2.24, 2.45) is 5.84 Å². The lowest BCUT2D eigenvalue weighted by molar-refractivity contribution is -0.0550. The first-order valence-electron chi connectivity index (χ1n) is 6.82. The molecule has 0 heterocycles. The fourth-order valence-electron chi connectivity index (χ4n) is 2.27. The van der Waals surface area contributed by atoms with Gasteiger partial charge in [-0.05, 0) is 44.4 Å². The van der Waals surface area contributed by atoms with E-state index in [9.17, 15) is 0 Å². The lowest BCUT2D eigenvalue weighted by Crippen LogP contribution is -2.54. The quantitative estimate of drug-likeness (QED) is 0.560. The largest absolute Gasteiger partial charge is 0.497 e. The van der Waals surface area contributed by atoms with Crippen LogP contribution in [0.5, 0.6) is 5.75 Å². The minimum atomic E-state index is -0.271. The van der Waals surface area contributed by atoms with E-state index in [4.69, 9.17) is 15.3 Å². The van der Waals surface area contributed by atoms with E-state index in [1.54, 1.807) is 7.11 Å². The predicted octanol–water partition coefficient (Wildman–Crippen LogP) is 2.27. The van der Waals surface area contributed by atoms with Crippen LogP contribution in [0.3, 0.4) is 0 Å². The van der Waals surface area contributed by atoms with E-state index in [-0.39, 0.29) is 11.6 Å². The first-order chi connectivity index (χ1) is 9.09. The molecule has 0 saturated carbocycles. The van der Waals surface area contributed by atoms with Crippen molar-refractivity contribution < 1.29 is 9.47 Å². The lowest BCUT2D eigenvalue weighted by Gasteiger charge is -2.36. The third-order valence-corrected chi connectivity index (χ3v) is 3.69. The summed E-state index contributed by atoms with van der Waals surface area (Å²) < 4.78 is 11.1. The number of ether oxygens (including phenoxy) is 2. The van der Waals surface area contributed by atoms with Gasteiger partial charge in [0.2, 0.25) is 0 Å². The van der Waals surface area contributed by atoms with Crippen LogP contribution in [0.4, 0.5) is 0 Å². The van der Waals surface area contributed by atoms with E-state index in [0.29, 0.717) is 6.61 Å². The SMILES string of the molecule is CCOC(C)(CC)C(Cc1cccc(OC)c1)NN. The predicted molar refractivity (Wildman–Crippen MR) is 78.1 cm³/mol. The van der Waals surface area contributed by atoms with Crippen LogP contribution in [0.1, 0.15) is 32.8 Å². The Bertz CT molecular complexity index is 384. The van der Waals surface area contributed by atoms with Gasteiger partial charge < -0.3 is 9.47 Å². The van der Waals surface area contributed by atoms with E-state index in [2.05, 4.69) is 25.3 Å². The molecule has 0 radical (unpaired) electrons. The van der Waals surface area contributed by atoms with Crippen molar-refractivity contribution in [2.75, 3.05) is 13.7 Å². The normalized spacial score (nSPS) is 15.8. The molecule has 1 aromatic carbocycles. The molecule has 0 aliphatic carbocycles. The molecule has 108 valence electrons. The number of hydrogen-bond donors (Lipinski definition) is 2. The molecule has 19 heavy (non-hydrogen) atoms. The van der Waals surface area contributed by atoms with Crippen molar-refractivity contribution in [1.29, 1.82) is 0 Å². The highest BCUT2D eigenvalue weighted by Crippen LogP contribution is 2.24. The van der Waals surface area contributed by atoms with Gasteiger partial charge >= 0.3 is 0 Å². The molecule has 1 rings (SSSR count). The van der Waals surface area contributed by atoms with Crippen LogP contribution in [0, 0.1) is 0 Å². The highest BCUT2D eigenvalue weighted by atomic mass is 16.5. The van der Waals surface area contributed by atoms with E-state index >= 15 is 0 Å². The third kappa shape index (κ3) is 4.20. The van der Waals surface area contributed by atoms with Crippen molar-refractivity contribution in [2.45, 2.75) is 45.3 Å². The summed E-state index contributed by atoms with van der Waals surface area (Å²) in [4.78, 5) is 0. The second kappa shape index (κ2) is 7.48. The highest BCUT2D eigenvalue weighted by molar-refractivity contribution is 5.29. The summed E-state index contributed by atoms with van der Waals surface area (Å²) in [5.74, 6) is 6.59. The van der Waals surface area contributed by atoms with Gasteiger partial charge in [0, 0.05) is 6.61 Å². The zero-order valence-electron chi connectivity index (χ0n) is 12.4. The Morgan fingerprint density at radius 2 is 2.11 bits per heavy atom. The average molecular weight is 266 g/mol. The first-order valence-corrected chi connectivity index (χ1v) is 6.82. The highest BCUT2D eigenvalue weighted by Gasteiger charge is 2.32. The molecule has 4 heteroatoms. The molecular weight excluding hydrogens is 240 g/mol. The van der Waals surface area contributed by atoms with Crippen LogP contribution in [0.2, 0.25) is 0 Å². The Labute approximate surface area is 116 Å². The fraction of sp³-hybridized carbons (Fsp3) is 0.600. The van der Waals surface area contributed by atoms with Gasteiger partial charge in [-0.2, -0.15) is 0 Å². The summed E-state index contributed by atoms with van der Waals surface area (Å²) in [6, 6.07) is 8.10. The number of hydrazine groups is 1.